The highest BCUT2D eigenvalue weighted by Gasteiger charge is 2.22. The minimum Gasteiger partial charge on any atom is -0.330 e. The summed E-state index contributed by atoms with van der Waals surface area (Å²) in [6.07, 6.45) is 3.67. The highest BCUT2D eigenvalue weighted by molar-refractivity contribution is 7.09. The number of nitrogens with two attached hydrogens (primary N) is 1. The predicted octanol–water partition coefficient (Wildman–Crippen LogP) is 2.40. The van der Waals surface area contributed by atoms with Gasteiger partial charge in [0.2, 0.25) is 0 Å². The summed E-state index contributed by atoms with van der Waals surface area (Å²) in [6.45, 7) is 5.29. The summed E-state index contributed by atoms with van der Waals surface area (Å²) in [5, 5.41) is 3.53. The summed E-state index contributed by atoms with van der Waals surface area (Å²) in [4.78, 5) is 7.23. The fraction of sp³-hybridized carbons (Fsp3) is 0.769. The Morgan fingerprint density at radius 2 is 2.47 bits per heavy atom. The lowest BCUT2D eigenvalue weighted by atomic mass is 9.99. The van der Waals surface area contributed by atoms with E-state index in [1.807, 2.05) is 11.3 Å². The van der Waals surface area contributed by atoms with Crippen molar-refractivity contribution in [3.63, 3.8) is 0 Å². The van der Waals surface area contributed by atoms with Gasteiger partial charge in [-0.1, -0.05) is 6.92 Å². The minimum atomic E-state index is 0.446. The molecule has 0 aromatic carbocycles. The first-order valence-corrected chi connectivity index (χ1v) is 7.46. The Morgan fingerprint density at radius 1 is 1.65 bits per heavy atom. The fourth-order valence-corrected chi connectivity index (χ4v) is 3.57. The van der Waals surface area contributed by atoms with E-state index in [0.29, 0.717) is 18.4 Å². The van der Waals surface area contributed by atoms with Gasteiger partial charge in [0.1, 0.15) is 0 Å². The quantitative estimate of drug-likeness (QED) is 0.896. The molecular formula is C13H23N3S. The van der Waals surface area contributed by atoms with Crippen LogP contribution in [-0.2, 0) is 0 Å². The summed E-state index contributed by atoms with van der Waals surface area (Å²) in [7, 11) is 2.20. The van der Waals surface area contributed by atoms with E-state index in [1.54, 1.807) is 0 Å². The molecule has 2 N–H and O–H groups in total. The molecule has 1 fully saturated rings. The number of hydrogen-bond acceptors (Lipinski definition) is 4. The number of thiazole rings is 1. The molecule has 3 nitrogen and oxygen atoms in total. The summed E-state index contributed by atoms with van der Waals surface area (Å²) in [5.41, 5.74) is 6.99. The van der Waals surface area contributed by atoms with Crippen molar-refractivity contribution in [2.24, 2.45) is 5.73 Å². The van der Waals surface area contributed by atoms with Crippen molar-refractivity contribution in [3.8, 4) is 0 Å². The number of nitrogens with zero attached hydrogens (tertiary/aromatic N) is 2. The molecule has 17 heavy (non-hydrogen) atoms. The van der Waals surface area contributed by atoms with E-state index in [0.717, 1.165) is 13.0 Å². The van der Waals surface area contributed by atoms with Gasteiger partial charge in [0, 0.05) is 30.3 Å². The molecule has 0 amide bonds. The smallest absolute Gasteiger partial charge is 0.0972 e. The molecule has 1 aliphatic heterocycles. The Labute approximate surface area is 108 Å². The zero-order chi connectivity index (χ0) is 12.3. The van der Waals surface area contributed by atoms with Crippen molar-refractivity contribution in [1.29, 1.82) is 0 Å². The lowest BCUT2D eigenvalue weighted by Gasteiger charge is -2.28. The molecule has 0 spiro atoms. The van der Waals surface area contributed by atoms with Crippen LogP contribution in [0.5, 0.6) is 0 Å². The van der Waals surface area contributed by atoms with Crippen molar-refractivity contribution in [1.82, 2.24) is 9.88 Å². The van der Waals surface area contributed by atoms with Gasteiger partial charge in [0.05, 0.1) is 10.7 Å². The molecule has 2 atom stereocenters. The second-order valence-electron chi connectivity index (χ2n) is 5.05. The van der Waals surface area contributed by atoms with Crippen molar-refractivity contribution < 1.29 is 0 Å². The topological polar surface area (TPSA) is 42.1 Å². The van der Waals surface area contributed by atoms with E-state index < -0.39 is 0 Å². The molecule has 1 aliphatic rings. The average molecular weight is 253 g/mol. The molecule has 1 aromatic heterocycles. The second kappa shape index (κ2) is 5.94. The largest absolute Gasteiger partial charge is 0.330 e. The van der Waals surface area contributed by atoms with E-state index in [2.05, 4.69) is 24.3 Å². The normalized spacial score (nSPS) is 23.8. The first kappa shape index (κ1) is 13.0. The Bertz CT molecular complexity index is 346. The second-order valence-corrected chi connectivity index (χ2v) is 5.94. The molecule has 0 aliphatic carbocycles. The number of aromatic nitrogens is 1. The van der Waals surface area contributed by atoms with Crippen molar-refractivity contribution in [3.05, 3.63) is 16.1 Å². The van der Waals surface area contributed by atoms with Crippen LogP contribution in [0.25, 0.3) is 0 Å². The maximum absolute atomic E-state index is 5.78. The molecule has 0 saturated carbocycles. The Morgan fingerprint density at radius 3 is 3.12 bits per heavy atom. The van der Waals surface area contributed by atoms with Crippen LogP contribution in [0.4, 0.5) is 0 Å². The third-order valence-electron chi connectivity index (χ3n) is 3.71. The van der Waals surface area contributed by atoms with Crippen LogP contribution in [-0.4, -0.2) is 36.6 Å². The SMILES string of the molecule is CCC(CN)c1csc(C2CCCN(C)C2)n1. The lowest BCUT2D eigenvalue weighted by Crippen LogP contribution is -2.30. The van der Waals surface area contributed by atoms with Crippen LogP contribution in [0.3, 0.4) is 0 Å². The summed E-state index contributed by atoms with van der Waals surface area (Å²) >= 11 is 1.82. The molecule has 2 rings (SSSR count). The van der Waals surface area contributed by atoms with Gasteiger partial charge in [0.25, 0.3) is 0 Å². The van der Waals surface area contributed by atoms with Gasteiger partial charge in [-0.2, -0.15) is 0 Å². The molecule has 0 bridgehead atoms. The Hall–Kier alpha value is -0.450. The highest BCUT2D eigenvalue weighted by atomic mass is 32.1. The van der Waals surface area contributed by atoms with Gasteiger partial charge in [-0.3, -0.25) is 0 Å². The van der Waals surface area contributed by atoms with Gasteiger partial charge in [-0.05, 0) is 32.9 Å². The van der Waals surface area contributed by atoms with E-state index in [-0.39, 0.29) is 0 Å². The summed E-state index contributed by atoms with van der Waals surface area (Å²) < 4.78 is 0. The van der Waals surface area contributed by atoms with E-state index >= 15 is 0 Å². The number of hydrogen-bond donors (Lipinski definition) is 1. The van der Waals surface area contributed by atoms with Crippen LogP contribution in [0, 0.1) is 0 Å². The molecule has 4 heteroatoms. The van der Waals surface area contributed by atoms with Gasteiger partial charge in [-0.15, -0.1) is 11.3 Å². The van der Waals surface area contributed by atoms with Crippen LogP contribution in [0.2, 0.25) is 0 Å². The van der Waals surface area contributed by atoms with Gasteiger partial charge < -0.3 is 10.6 Å². The zero-order valence-electron chi connectivity index (χ0n) is 10.9. The van der Waals surface area contributed by atoms with Gasteiger partial charge >= 0.3 is 0 Å². The maximum atomic E-state index is 5.78. The number of rotatable bonds is 4. The Kier molecular flexibility index (Phi) is 4.54. The van der Waals surface area contributed by atoms with E-state index in [1.165, 1.54) is 30.1 Å². The average Bonchev–Trinajstić information content (AvgIpc) is 2.80. The highest BCUT2D eigenvalue weighted by Crippen LogP contribution is 2.30. The minimum absolute atomic E-state index is 0.446. The van der Waals surface area contributed by atoms with Crippen LogP contribution in [0.15, 0.2) is 5.38 Å². The van der Waals surface area contributed by atoms with Crippen molar-refractivity contribution in [2.75, 3.05) is 26.7 Å². The Balaban J connectivity index is 2.06. The predicted molar refractivity (Wildman–Crippen MR) is 73.7 cm³/mol. The molecule has 0 radical (unpaired) electrons. The van der Waals surface area contributed by atoms with Crippen LogP contribution in [0.1, 0.15) is 48.7 Å². The van der Waals surface area contributed by atoms with E-state index in [4.69, 9.17) is 10.7 Å². The number of piperidine rings is 1. The van der Waals surface area contributed by atoms with Gasteiger partial charge in [-0.25, -0.2) is 4.98 Å². The number of likely N-dealkylation sites (N-methyl/N-ethyl adjacent to an activating group) is 1. The molecule has 1 aromatic rings. The zero-order valence-corrected chi connectivity index (χ0v) is 11.7. The molecule has 96 valence electrons. The van der Waals surface area contributed by atoms with Gasteiger partial charge in [0.15, 0.2) is 0 Å². The first-order valence-electron chi connectivity index (χ1n) is 6.58. The third kappa shape index (κ3) is 3.06. The number of likely N-dealkylation sites (tertiary alicyclic amines) is 1. The first-order chi connectivity index (χ1) is 8.24. The van der Waals surface area contributed by atoms with Crippen molar-refractivity contribution >= 4 is 11.3 Å². The lowest BCUT2D eigenvalue weighted by molar-refractivity contribution is 0.250. The third-order valence-corrected chi connectivity index (χ3v) is 4.73. The standard InChI is InChI=1S/C13H23N3S/c1-3-10(7-14)12-9-17-13(15-12)11-5-4-6-16(2)8-11/h9-11H,3-8,14H2,1-2H3. The van der Waals surface area contributed by atoms with Crippen LogP contribution < -0.4 is 5.73 Å². The molecule has 2 heterocycles. The maximum Gasteiger partial charge on any atom is 0.0972 e. The fourth-order valence-electron chi connectivity index (χ4n) is 2.54. The summed E-state index contributed by atoms with van der Waals surface area (Å²) in [6, 6.07) is 0. The molecule has 1 saturated heterocycles. The molecule has 2 unspecified atom stereocenters. The summed E-state index contributed by atoms with van der Waals surface area (Å²) in [5.74, 6) is 1.09. The van der Waals surface area contributed by atoms with Crippen molar-refractivity contribution in [2.45, 2.75) is 38.0 Å². The monoisotopic (exact) mass is 253 g/mol. The van der Waals surface area contributed by atoms with Crippen LogP contribution >= 0.6 is 11.3 Å². The molecular weight excluding hydrogens is 230 g/mol. The van der Waals surface area contributed by atoms with E-state index in [9.17, 15) is 0 Å².